The van der Waals surface area contributed by atoms with Crippen molar-refractivity contribution in [3.05, 3.63) is 28.6 Å². The highest BCUT2D eigenvalue weighted by molar-refractivity contribution is 7.14. The van der Waals surface area contributed by atoms with Crippen LogP contribution in [0.4, 0.5) is 5.13 Å². The smallest absolute Gasteiger partial charge is 0.279 e. The summed E-state index contributed by atoms with van der Waals surface area (Å²) >= 11 is 1.41. The molecule has 2 heterocycles. The minimum Gasteiger partial charge on any atom is -0.360 e. The number of thiazole rings is 1. The Kier molecular flexibility index (Phi) is 3.94. The molecule has 2 rings (SSSR count). The summed E-state index contributed by atoms with van der Waals surface area (Å²) in [6, 6.07) is 1.66. The van der Waals surface area contributed by atoms with Gasteiger partial charge in [-0.05, 0) is 0 Å². The Labute approximate surface area is 122 Å². The highest BCUT2D eigenvalue weighted by atomic mass is 32.1. The molecule has 0 aliphatic carbocycles. The highest BCUT2D eigenvalue weighted by Crippen LogP contribution is 2.26. The molecule has 0 radical (unpaired) electrons. The predicted octanol–water partition coefficient (Wildman–Crippen LogP) is 3.80. The van der Waals surface area contributed by atoms with Crippen molar-refractivity contribution in [3.8, 4) is 0 Å². The summed E-state index contributed by atoms with van der Waals surface area (Å²) < 4.78 is 5.12. The number of carbonyl (C=O) groups excluding carboxylic acids is 1. The van der Waals surface area contributed by atoms with Gasteiger partial charge in [-0.2, -0.15) is 0 Å². The maximum Gasteiger partial charge on any atom is 0.279 e. The number of hydrogen-bond donors (Lipinski definition) is 1. The minimum atomic E-state index is -0.296. The number of rotatable bonds is 3. The number of nitrogens with one attached hydrogen (secondary N) is 1. The van der Waals surface area contributed by atoms with E-state index in [1.54, 1.807) is 6.07 Å². The van der Waals surface area contributed by atoms with Crippen molar-refractivity contribution in [3.63, 3.8) is 0 Å². The van der Waals surface area contributed by atoms with Gasteiger partial charge in [-0.1, -0.05) is 39.8 Å². The van der Waals surface area contributed by atoms with E-state index in [0.29, 0.717) is 10.9 Å². The van der Waals surface area contributed by atoms with Crippen molar-refractivity contribution in [2.45, 2.75) is 46.0 Å². The quantitative estimate of drug-likeness (QED) is 0.934. The van der Waals surface area contributed by atoms with E-state index in [1.807, 2.05) is 19.2 Å². The molecule has 0 aliphatic heterocycles. The maximum absolute atomic E-state index is 12.0. The van der Waals surface area contributed by atoms with Crippen LogP contribution in [0.2, 0.25) is 0 Å². The number of amides is 1. The molecule has 0 aliphatic rings. The van der Waals surface area contributed by atoms with Gasteiger partial charge in [-0.15, -0.1) is 11.3 Å². The molecule has 1 amide bonds. The van der Waals surface area contributed by atoms with Crippen LogP contribution < -0.4 is 5.32 Å². The van der Waals surface area contributed by atoms with E-state index in [9.17, 15) is 4.79 Å². The first-order valence-corrected chi connectivity index (χ1v) is 7.39. The van der Waals surface area contributed by atoms with Gasteiger partial charge in [0.15, 0.2) is 10.8 Å². The molecule has 20 heavy (non-hydrogen) atoms. The summed E-state index contributed by atoms with van der Waals surface area (Å²) in [5, 5.41) is 9.06. The average molecular weight is 293 g/mol. The molecule has 0 bridgehead atoms. The third-order valence-corrected chi connectivity index (χ3v) is 3.58. The Morgan fingerprint density at radius 2 is 2.10 bits per heavy atom. The summed E-state index contributed by atoms with van der Waals surface area (Å²) in [6.45, 7) is 10.2. The second-order valence-corrected chi connectivity index (χ2v) is 6.87. The minimum absolute atomic E-state index is 0.0296. The van der Waals surface area contributed by atoms with Crippen molar-refractivity contribution < 1.29 is 9.32 Å². The number of carbonyl (C=O) groups is 1. The first kappa shape index (κ1) is 14.7. The normalized spacial score (nSPS) is 11.9. The SMILES string of the molecule is CC(C)c1cc(C(=O)Nc2nc(C(C)(C)C)cs2)no1. The van der Waals surface area contributed by atoms with Gasteiger partial charge in [-0.3, -0.25) is 10.1 Å². The molecular formula is C14H19N3O2S. The van der Waals surface area contributed by atoms with E-state index >= 15 is 0 Å². The van der Waals surface area contributed by atoms with Crippen molar-refractivity contribution in [1.82, 2.24) is 10.1 Å². The van der Waals surface area contributed by atoms with Crippen LogP contribution in [0.5, 0.6) is 0 Å². The molecule has 0 atom stereocenters. The van der Waals surface area contributed by atoms with Crippen LogP contribution in [0.1, 0.15) is 62.5 Å². The van der Waals surface area contributed by atoms with Gasteiger partial charge in [-0.25, -0.2) is 4.98 Å². The first-order chi connectivity index (χ1) is 9.27. The lowest BCUT2D eigenvalue weighted by Gasteiger charge is -2.14. The lowest BCUT2D eigenvalue weighted by molar-refractivity contribution is 0.101. The summed E-state index contributed by atoms with van der Waals surface area (Å²) in [5.41, 5.74) is 1.21. The van der Waals surface area contributed by atoms with Crippen LogP contribution in [0.15, 0.2) is 16.0 Å². The summed E-state index contributed by atoms with van der Waals surface area (Å²) in [6.07, 6.45) is 0. The van der Waals surface area contributed by atoms with Crippen LogP contribution in [0, 0.1) is 0 Å². The summed E-state index contributed by atoms with van der Waals surface area (Å²) in [4.78, 5) is 16.5. The van der Waals surface area contributed by atoms with E-state index in [2.05, 4.69) is 36.2 Å². The molecular weight excluding hydrogens is 274 g/mol. The maximum atomic E-state index is 12.0. The van der Waals surface area contributed by atoms with Gasteiger partial charge in [0.1, 0.15) is 5.76 Å². The van der Waals surface area contributed by atoms with Gasteiger partial charge in [0, 0.05) is 22.8 Å². The molecule has 0 unspecified atom stereocenters. The molecule has 0 spiro atoms. The van der Waals surface area contributed by atoms with Crippen molar-refractivity contribution in [2.75, 3.05) is 5.32 Å². The molecule has 6 heteroatoms. The zero-order valence-corrected chi connectivity index (χ0v) is 13.2. The fourth-order valence-electron chi connectivity index (χ4n) is 1.51. The molecule has 0 saturated heterocycles. The molecule has 0 saturated carbocycles. The van der Waals surface area contributed by atoms with E-state index in [4.69, 9.17) is 4.52 Å². The fraction of sp³-hybridized carbons (Fsp3) is 0.500. The Morgan fingerprint density at radius 1 is 1.40 bits per heavy atom. The third-order valence-electron chi connectivity index (χ3n) is 2.82. The molecule has 0 fully saturated rings. The molecule has 0 aromatic carbocycles. The molecule has 2 aromatic heterocycles. The topological polar surface area (TPSA) is 68.0 Å². The van der Waals surface area contributed by atoms with Crippen LogP contribution in [-0.2, 0) is 5.41 Å². The van der Waals surface area contributed by atoms with Gasteiger partial charge < -0.3 is 4.52 Å². The predicted molar refractivity (Wildman–Crippen MR) is 79.4 cm³/mol. The Morgan fingerprint density at radius 3 is 2.60 bits per heavy atom. The largest absolute Gasteiger partial charge is 0.360 e. The Balaban J connectivity index is 2.09. The second kappa shape index (κ2) is 5.36. The zero-order chi connectivity index (χ0) is 14.9. The lowest BCUT2D eigenvalue weighted by Crippen LogP contribution is -2.14. The molecule has 108 valence electrons. The first-order valence-electron chi connectivity index (χ1n) is 6.51. The molecule has 2 aromatic rings. The number of anilines is 1. The van der Waals surface area contributed by atoms with E-state index in [-0.39, 0.29) is 22.9 Å². The van der Waals surface area contributed by atoms with Crippen molar-refractivity contribution in [1.29, 1.82) is 0 Å². The second-order valence-electron chi connectivity index (χ2n) is 6.01. The Bertz CT molecular complexity index is 608. The van der Waals surface area contributed by atoms with Gasteiger partial charge in [0.2, 0.25) is 0 Å². The summed E-state index contributed by atoms with van der Waals surface area (Å²) in [7, 11) is 0. The third kappa shape index (κ3) is 3.25. The van der Waals surface area contributed by atoms with Crippen molar-refractivity contribution in [2.24, 2.45) is 0 Å². The number of hydrogen-bond acceptors (Lipinski definition) is 5. The fourth-order valence-corrected chi connectivity index (χ4v) is 2.44. The summed E-state index contributed by atoms with van der Waals surface area (Å²) in [5.74, 6) is 0.608. The van der Waals surface area contributed by atoms with E-state index in [0.717, 1.165) is 5.69 Å². The van der Waals surface area contributed by atoms with Crippen LogP contribution in [0.3, 0.4) is 0 Å². The number of nitrogens with zero attached hydrogens (tertiary/aromatic N) is 2. The van der Waals surface area contributed by atoms with Gasteiger partial charge in [0.25, 0.3) is 5.91 Å². The monoisotopic (exact) mass is 293 g/mol. The standard InChI is InChI=1S/C14H19N3O2S/c1-8(2)10-6-9(17-19-10)12(18)16-13-15-11(7-20-13)14(3,4)5/h6-8H,1-5H3,(H,15,16,18). The average Bonchev–Trinajstić information content (AvgIpc) is 2.95. The van der Waals surface area contributed by atoms with E-state index < -0.39 is 0 Å². The van der Waals surface area contributed by atoms with Crippen molar-refractivity contribution >= 4 is 22.4 Å². The molecule has 5 nitrogen and oxygen atoms in total. The zero-order valence-electron chi connectivity index (χ0n) is 12.4. The van der Waals surface area contributed by atoms with E-state index in [1.165, 1.54) is 11.3 Å². The molecule has 1 N–H and O–H groups in total. The van der Waals surface area contributed by atoms with Crippen LogP contribution in [-0.4, -0.2) is 16.0 Å². The Hall–Kier alpha value is -1.69. The van der Waals surface area contributed by atoms with Crippen LogP contribution in [0.25, 0.3) is 0 Å². The highest BCUT2D eigenvalue weighted by Gasteiger charge is 2.19. The lowest BCUT2D eigenvalue weighted by atomic mass is 9.93. The van der Waals surface area contributed by atoms with Gasteiger partial charge in [0.05, 0.1) is 5.69 Å². The number of aromatic nitrogens is 2. The van der Waals surface area contributed by atoms with Crippen LogP contribution >= 0.6 is 11.3 Å². The van der Waals surface area contributed by atoms with Gasteiger partial charge >= 0.3 is 0 Å².